The molecule has 4 nitrogen and oxygen atoms in total. The molecule has 7 heteroatoms. The van der Waals surface area contributed by atoms with Crippen molar-refractivity contribution in [2.24, 2.45) is 5.73 Å². The summed E-state index contributed by atoms with van der Waals surface area (Å²) in [6, 6.07) is 9.12. The highest BCUT2D eigenvalue weighted by atomic mass is 35.5. The fraction of sp³-hybridized carbons (Fsp3) is 0.235. The number of esters is 1. The van der Waals surface area contributed by atoms with Crippen LogP contribution < -0.4 is 10.5 Å². The maximum absolute atomic E-state index is 13.6. The Kier molecular flexibility index (Phi) is 7.61. The van der Waals surface area contributed by atoms with E-state index in [0.717, 1.165) is 12.1 Å². The average molecular weight is 358 g/mol. The highest BCUT2D eigenvalue weighted by molar-refractivity contribution is 5.85. The second-order valence-corrected chi connectivity index (χ2v) is 4.86. The Balaban J connectivity index is 0.00000288. The first-order chi connectivity index (χ1) is 11.0. The van der Waals surface area contributed by atoms with Crippen LogP contribution in [0.1, 0.15) is 24.9 Å². The number of carbonyl (C=O) groups excluding carboxylic acids is 1. The van der Waals surface area contributed by atoms with E-state index >= 15 is 0 Å². The summed E-state index contributed by atoms with van der Waals surface area (Å²) in [5.41, 5.74) is 6.61. The molecule has 0 unspecified atom stereocenters. The van der Waals surface area contributed by atoms with Crippen LogP contribution in [0.25, 0.3) is 0 Å². The van der Waals surface area contributed by atoms with Crippen LogP contribution in [-0.2, 0) is 9.53 Å². The van der Waals surface area contributed by atoms with E-state index in [1.807, 2.05) is 0 Å². The number of hydrogen-bond acceptors (Lipinski definition) is 4. The number of ether oxygens (including phenoxy) is 2. The maximum atomic E-state index is 13.6. The van der Waals surface area contributed by atoms with E-state index in [4.69, 9.17) is 15.2 Å². The quantitative estimate of drug-likeness (QED) is 0.789. The summed E-state index contributed by atoms with van der Waals surface area (Å²) in [5.74, 6) is -1.63. The molecule has 0 heterocycles. The van der Waals surface area contributed by atoms with Crippen molar-refractivity contribution in [1.82, 2.24) is 0 Å². The van der Waals surface area contributed by atoms with E-state index in [1.54, 1.807) is 31.2 Å². The lowest BCUT2D eigenvalue weighted by molar-refractivity contribution is -0.143. The third kappa shape index (κ3) is 5.47. The van der Waals surface area contributed by atoms with Crippen molar-refractivity contribution in [2.75, 3.05) is 6.61 Å². The number of carbonyl (C=O) groups is 1. The summed E-state index contributed by atoms with van der Waals surface area (Å²) in [7, 11) is 0. The number of halogens is 3. The van der Waals surface area contributed by atoms with Gasteiger partial charge in [0.25, 0.3) is 0 Å². The molecule has 2 aromatic rings. The fourth-order valence-corrected chi connectivity index (χ4v) is 2.01. The molecular weight excluding hydrogens is 340 g/mol. The predicted octanol–water partition coefficient (Wildman–Crippen LogP) is 4.13. The monoisotopic (exact) mass is 357 g/mol. The highest BCUT2D eigenvalue weighted by Gasteiger charge is 2.14. The summed E-state index contributed by atoms with van der Waals surface area (Å²) in [5, 5.41) is 0. The Labute approximate surface area is 145 Å². The van der Waals surface area contributed by atoms with Crippen molar-refractivity contribution in [2.45, 2.75) is 19.4 Å². The molecule has 24 heavy (non-hydrogen) atoms. The van der Waals surface area contributed by atoms with Gasteiger partial charge < -0.3 is 15.2 Å². The van der Waals surface area contributed by atoms with Gasteiger partial charge in [0, 0.05) is 12.1 Å². The first-order valence-electron chi connectivity index (χ1n) is 7.13. The van der Waals surface area contributed by atoms with Crippen LogP contribution >= 0.6 is 12.4 Å². The zero-order valence-corrected chi connectivity index (χ0v) is 13.8. The van der Waals surface area contributed by atoms with Crippen molar-refractivity contribution < 1.29 is 23.0 Å². The topological polar surface area (TPSA) is 61.5 Å². The highest BCUT2D eigenvalue weighted by Crippen LogP contribution is 2.27. The standard InChI is InChI=1S/C17H17F2NO3.ClH/c1-2-22-17(21)10-15(20)11-4-3-5-13(8-11)23-16-7-6-12(18)9-14(16)19;/h3-9,15H,2,10,20H2,1H3;1H/t15-;/m0./s1. The minimum atomic E-state index is -0.800. The van der Waals surface area contributed by atoms with Gasteiger partial charge in [-0.2, -0.15) is 0 Å². The van der Waals surface area contributed by atoms with Crippen LogP contribution in [0.2, 0.25) is 0 Å². The van der Waals surface area contributed by atoms with Crippen molar-refractivity contribution in [3.05, 3.63) is 59.7 Å². The van der Waals surface area contributed by atoms with Gasteiger partial charge in [-0.3, -0.25) is 4.79 Å². The molecule has 0 aliphatic rings. The molecule has 2 N–H and O–H groups in total. The molecule has 1 atom stereocenters. The Morgan fingerprint density at radius 3 is 2.62 bits per heavy atom. The second-order valence-electron chi connectivity index (χ2n) is 4.86. The van der Waals surface area contributed by atoms with Gasteiger partial charge in [0.1, 0.15) is 11.6 Å². The molecule has 0 aliphatic carbocycles. The third-order valence-electron chi connectivity index (χ3n) is 3.10. The van der Waals surface area contributed by atoms with Gasteiger partial charge in [0.05, 0.1) is 13.0 Å². The van der Waals surface area contributed by atoms with Gasteiger partial charge >= 0.3 is 5.97 Å². The predicted molar refractivity (Wildman–Crippen MR) is 88.3 cm³/mol. The molecule has 0 bridgehead atoms. The molecular formula is C17H18ClF2NO3. The van der Waals surface area contributed by atoms with Crippen LogP contribution in [-0.4, -0.2) is 12.6 Å². The molecule has 0 radical (unpaired) electrons. The second kappa shape index (κ2) is 9.20. The van der Waals surface area contributed by atoms with E-state index in [1.165, 1.54) is 6.07 Å². The van der Waals surface area contributed by atoms with E-state index < -0.39 is 23.6 Å². The SMILES string of the molecule is CCOC(=O)C[C@H](N)c1cccc(Oc2ccc(F)cc2F)c1.Cl. The lowest BCUT2D eigenvalue weighted by Gasteiger charge is -2.13. The zero-order chi connectivity index (χ0) is 16.8. The van der Waals surface area contributed by atoms with Crippen molar-refractivity contribution in [3.8, 4) is 11.5 Å². The van der Waals surface area contributed by atoms with Gasteiger partial charge in [-0.1, -0.05) is 12.1 Å². The molecule has 2 rings (SSSR count). The lowest BCUT2D eigenvalue weighted by atomic mass is 10.0. The van der Waals surface area contributed by atoms with Gasteiger partial charge in [0.2, 0.25) is 0 Å². The normalized spacial score (nSPS) is 11.3. The zero-order valence-electron chi connectivity index (χ0n) is 13.0. The van der Waals surface area contributed by atoms with Crippen molar-refractivity contribution in [3.63, 3.8) is 0 Å². The largest absolute Gasteiger partial charge is 0.466 e. The summed E-state index contributed by atoms with van der Waals surface area (Å²) in [6.07, 6.45) is 0.0300. The van der Waals surface area contributed by atoms with Crippen LogP contribution in [0, 0.1) is 11.6 Å². The molecule has 0 saturated carbocycles. The van der Waals surface area contributed by atoms with Crippen molar-refractivity contribution >= 4 is 18.4 Å². The number of nitrogens with two attached hydrogens (primary N) is 1. The van der Waals surface area contributed by atoms with Gasteiger partial charge in [-0.05, 0) is 36.8 Å². The molecule has 0 aliphatic heterocycles. The first-order valence-corrected chi connectivity index (χ1v) is 7.13. The van der Waals surface area contributed by atoms with Crippen molar-refractivity contribution in [1.29, 1.82) is 0 Å². The van der Waals surface area contributed by atoms with Crippen LogP contribution in [0.5, 0.6) is 11.5 Å². The molecule has 0 aromatic heterocycles. The third-order valence-corrected chi connectivity index (χ3v) is 3.10. The molecule has 0 spiro atoms. The van der Waals surface area contributed by atoms with Crippen LogP contribution in [0.3, 0.4) is 0 Å². The van der Waals surface area contributed by atoms with Gasteiger partial charge in [-0.25, -0.2) is 8.78 Å². The maximum Gasteiger partial charge on any atom is 0.307 e. The summed E-state index contributed by atoms with van der Waals surface area (Å²) >= 11 is 0. The lowest BCUT2D eigenvalue weighted by Crippen LogP contribution is -2.17. The summed E-state index contributed by atoms with van der Waals surface area (Å²) in [6.45, 7) is 2.01. The average Bonchev–Trinajstić information content (AvgIpc) is 2.50. The summed E-state index contributed by atoms with van der Waals surface area (Å²) in [4.78, 5) is 11.5. The fourth-order valence-electron chi connectivity index (χ4n) is 2.01. The minimum absolute atomic E-state index is 0. The van der Waals surface area contributed by atoms with Crippen LogP contribution in [0.4, 0.5) is 8.78 Å². The summed E-state index contributed by atoms with van der Waals surface area (Å²) < 4.78 is 36.7. The van der Waals surface area contributed by atoms with E-state index in [9.17, 15) is 13.6 Å². The van der Waals surface area contributed by atoms with Gasteiger partial charge in [0.15, 0.2) is 11.6 Å². The van der Waals surface area contributed by atoms with E-state index in [-0.39, 0.29) is 24.6 Å². The molecule has 0 fully saturated rings. The first kappa shape index (κ1) is 19.9. The molecule has 2 aromatic carbocycles. The number of benzene rings is 2. The molecule has 0 amide bonds. The Hall–Kier alpha value is -2.18. The number of rotatable bonds is 6. The Bertz CT molecular complexity index is 697. The molecule has 0 saturated heterocycles. The Morgan fingerprint density at radius 2 is 1.96 bits per heavy atom. The smallest absolute Gasteiger partial charge is 0.307 e. The van der Waals surface area contributed by atoms with Crippen LogP contribution in [0.15, 0.2) is 42.5 Å². The minimum Gasteiger partial charge on any atom is -0.466 e. The van der Waals surface area contributed by atoms with E-state index in [2.05, 4.69) is 0 Å². The molecule has 130 valence electrons. The van der Waals surface area contributed by atoms with E-state index in [0.29, 0.717) is 17.9 Å². The Morgan fingerprint density at radius 1 is 1.21 bits per heavy atom. The number of hydrogen-bond donors (Lipinski definition) is 1. The van der Waals surface area contributed by atoms with Gasteiger partial charge in [-0.15, -0.1) is 12.4 Å².